The van der Waals surface area contributed by atoms with E-state index in [9.17, 15) is 9.59 Å². The molecule has 0 aromatic heterocycles. The van der Waals surface area contributed by atoms with Crippen molar-refractivity contribution in [2.24, 2.45) is 0 Å². The Labute approximate surface area is 155 Å². The first-order chi connectivity index (χ1) is 11.9. The van der Waals surface area contributed by atoms with E-state index in [2.05, 4.69) is 33.1 Å². The van der Waals surface area contributed by atoms with Gasteiger partial charge in [-0.05, 0) is 58.7 Å². The molecule has 5 nitrogen and oxygen atoms in total. The van der Waals surface area contributed by atoms with Gasteiger partial charge in [0.1, 0.15) is 12.4 Å². The van der Waals surface area contributed by atoms with E-state index in [4.69, 9.17) is 4.74 Å². The third-order valence-corrected chi connectivity index (χ3v) is 3.98. The van der Waals surface area contributed by atoms with E-state index in [0.717, 1.165) is 5.56 Å². The van der Waals surface area contributed by atoms with Gasteiger partial charge in [0.15, 0.2) is 0 Å². The van der Waals surface area contributed by atoms with E-state index in [0.29, 0.717) is 33.8 Å². The summed E-state index contributed by atoms with van der Waals surface area (Å²) in [7, 11) is 0. The Kier molecular flexibility index (Phi) is 6.36. The molecule has 0 fully saturated rings. The summed E-state index contributed by atoms with van der Waals surface area (Å²) in [5, 5.41) is 5.56. The topological polar surface area (TPSA) is 67.4 Å². The molecule has 2 N–H and O–H groups in total. The quantitative estimate of drug-likeness (QED) is 0.697. The van der Waals surface area contributed by atoms with Gasteiger partial charge in [-0.2, -0.15) is 0 Å². The summed E-state index contributed by atoms with van der Waals surface area (Å²) >= 11 is 3.39. The summed E-state index contributed by atoms with van der Waals surface area (Å²) in [5.41, 5.74) is 2.67. The molecular formula is C19H19BrN2O3. The number of anilines is 2. The Morgan fingerprint density at radius 2 is 1.96 bits per heavy atom. The van der Waals surface area contributed by atoms with Crippen LogP contribution in [0, 0.1) is 6.92 Å². The summed E-state index contributed by atoms with van der Waals surface area (Å²) in [6.07, 6.45) is 1.65. The number of hydrogen-bond acceptors (Lipinski definition) is 3. The SMILES string of the molecule is C=CCOc1ccc(C(=O)Nc2ccc(C)c(NC(C)=O)c2)cc1Br. The Balaban J connectivity index is 2.15. The number of carbonyl (C=O) groups excluding carboxylic acids is 2. The molecule has 0 heterocycles. The summed E-state index contributed by atoms with van der Waals surface area (Å²) in [6.45, 7) is 7.31. The van der Waals surface area contributed by atoms with Gasteiger partial charge in [-0.15, -0.1) is 0 Å². The molecule has 0 radical (unpaired) electrons. The van der Waals surface area contributed by atoms with Gasteiger partial charge in [-0.25, -0.2) is 0 Å². The molecule has 2 rings (SSSR count). The van der Waals surface area contributed by atoms with Gasteiger partial charge in [0, 0.05) is 23.9 Å². The normalized spacial score (nSPS) is 10.0. The maximum absolute atomic E-state index is 12.4. The molecule has 0 aliphatic heterocycles. The minimum absolute atomic E-state index is 0.161. The lowest BCUT2D eigenvalue weighted by molar-refractivity contribution is -0.114. The second kappa shape index (κ2) is 8.48. The highest BCUT2D eigenvalue weighted by atomic mass is 79.9. The van der Waals surface area contributed by atoms with Gasteiger partial charge >= 0.3 is 0 Å². The monoisotopic (exact) mass is 402 g/mol. The van der Waals surface area contributed by atoms with Crippen molar-refractivity contribution in [3.05, 3.63) is 64.7 Å². The molecule has 0 saturated carbocycles. The van der Waals surface area contributed by atoms with E-state index in [1.54, 1.807) is 36.4 Å². The van der Waals surface area contributed by atoms with Crippen molar-refractivity contribution in [3.8, 4) is 5.75 Å². The minimum Gasteiger partial charge on any atom is -0.488 e. The molecule has 130 valence electrons. The number of benzene rings is 2. The molecule has 2 aromatic carbocycles. The summed E-state index contributed by atoms with van der Waals surface area (Å²) in [5.74, 6) is 0.221. The number of amides is 2. The number of hydrogen-bond donors (Lipinski definition) is 2. The molecule has 25 heavy (non-hydrogen) atoms. The van der Waals surface area contributed by atoms with E-state index in [1.165, 1.54) is 6.92 Å². The van der Waals surface area contributed by atoms with Crippen molar-refractivity contribution >= 4 is 39.1 Å². The minimum atomic E-state index is -0.256. The number of halogens is 1. The summed E-state index contributed by atoms with van der Waals surface area (Å²) in [6, 6.07) is 10.4. The predicted molar refractivity (Wildman–Crippen MR) is 103 cm³/mol. The van der Waals surface area contributed by atoms with Crippen molar-refractivity contribution in [1.29, 1.82) is 0 Å². The molecular weight excluding hydrogens is 384 g/mol. The Morgan fingerprint density at radius 3 is 2.60 bits per heavy atom. The van der Waals surface area contributed by atoms with Crippen LogP contribution in [0.2, 0.25) is 0 Å². The van der Waals surface area contributed by atoms with Gasteiger partial charge in [0.25, 0.3) is 5.91 Å². The molecule has 0 aliphatic rings. The lowest BCUT2D eigenvalue weighted by Crippen LogP contribution is -2.13. The smallest absolute Gasteiger partial charge is 0.255 e. The number of aryl methyl sites for hydroxylation is 1. The van der Waals surface area contributed by atoms with E-state index in [-0.39, 0.29) is 11.8 Å². The van der Waals surface area contributed by atoms with Crippen LogP contribution < -0.4 is 15.4 Å². The van der Waals surface area contributed by atoms with Crippen LogP contribution in [0.5, 0.6) is 5.75 Å². The van der Waals surface area contributed by atoms with Crippen LogP contribution in [-0.2, 0) is 4.79 Å². The fourth-order valence-electron chi connectivity index (χ4n) is 2.14. The van der Waals surface area contributed by atoms with Crippen LogP contribution >= 0.6 is 15.9 Å². The number of carbonyl (C=O) groups is 2. The van der Waals surface area contributed by atoms with Gasteiger partial charge in [0.2, 0.25) is 5.91 Å². The van der Waals surface area contributed by atoms with Crippen LogP contribution in [0.4, 0.5) is 11.4 Å². The molecule has 2 aromatic rings. The average Bonchev–Trinajstić information content (AvgIpc) is 2.56. The fraction of sp³-hybridized carbons (Fsp3) is 0.158. The highest BCUT2D eigenvalue weighted by molar-refractivity contribution is 9.10. The molecule has 2 amide bonds. The third kappa shape index (κ3) is 5.19. The summed E-state index contributed by atoms with van der Waals surface area (Å²) < 4.78 is 6.15. The van der Waals surface area contributed by atoms with E-state index < -0.39 is 0 Å². The first-order valence-electron chi connectivity index (χ1n) is 7.63. The first kappa shape index (κ1) is 18.7. The highest BCUT2D eigenvalue weighted by Crippen LogP contribution is 2.27. The van der Waals surface area contributed by atoms with Crippen LogP contribution in [0.1, 0.15) is 22.8 Å². The van der Waals surface area contributed by atoms with Gasteiger partial charge in [0.05, 0.1) is 4.47 Å². The lowest BCUT2D eigenvalue weighted by atomic mass is 10.1. The average molecular weight is 403 g/mol. The largest absolute Gasteiger partial charge is 0.488 e. The molecule has 0 saturated heterocycles. The van der Waals surface area contributed by atoms with E-state index >= 15 is 0 Å². The molecule has 0 bridgehead atoms. The van der Waals surface area contributed by atoms with Crippen LogP contribution in [0.3, 0.4) is 0 Å². The maximum Gasteiger partial charge on any atom is 0.255 e. The predicted octanol–water partition coefficient (Wildman–Crippen LogP) is 4.53. The Bertz CT molecular complexity index is 818. The van der Waals surface area contributed by atoms with Crippen LogP contribution in [-0.4, -0.2) is 18.4 Å². The number of nitrogens with one attached hydrogen (secondary N) is 2. The van der Waals surface area contributed by atoms with Crippen molar-refractivity contribution in [2.45, 2.75) is 13.8 Å². The van der Waals surface area contributed by atoms with Gasteiger partial charge in [-0.1, -0.05) is 18.7 Å². The second-order valence-corrected chi connectivity index (χ2v) is 6.26. The van der Waals surface area contributed by atoms with Crippen molar-refractivity contribution in [1.82, 2.24) is 0 Å². The number of rotatable bonds is 6. The van der Waals surface area contributed by atoms with E-state index in [1.807, 2.05) is 13.0 Å². The van der Waals surface area contributed by atoms with Crippen molar-refractivity contribution in [2.75, 3.05) is 17.2 Å². The van der Waals surface area contributed by atoms with Crippen molar-refractivity contribution in [3.63, 3.8) is 0 Å². The summed E-state index contributed by atoms with van der Waals surface area (Å²) in [4.78, 5) is 23.7. The van der Waals surface area contributed by atoms with Crippen LogP contribution in [0.25, 0.3) is 0 Å². The zero-order chi connectivity index (χ0) is 18.4. The Morgan fingerprint density at radius 1 is 1.20 bits per heavy atom. The fourth-order valence-corrected chi connectivity index (χ4v) is 2.63. The zero-order valence-electron chi connectivity index (χ0n) is 14.1. The molecule has 0 aliphatic carbocycles. The lowest BCUT2D eigenvalue weighted by Gasteiger charge is -2.11. The second-order valence-electron chi connectivity index (χ2n) is 5.41. The molecule has 0 unspecified atom stereocenters. The first-order valence-corrected chi connectivity index (χ1v) is 8.43. The third-order valence-electron chi connectivity index (χ3n) is 3.36. The highest BCUT2D eigenvalue weighted by Gasteiger charge is 2.11. The number of ether oxygens (including phenoxy) is 1. The van der Waals surface area contributed by atoms with Gasteiger partial charge in [-0.3, -0.25) is 9.59 Å². The zero-order valence-corrected chi connectivity index (χ0v) is 15.6. The molecule has 0 atom stereocenters. The standard InChI is InChI=1S/C19H19BrN2O3/c1-4-9-25-18-8-6-14(10-16(18)20)19(24)22-15-7-5-12(2)17(11-15)21-13(3)23/h4-8,10-11H,1,9H2,2-3H3,(H,21,23)(H,22,24). The van der Waals surface area contributed by atoms with Gasteiger partial charge < -0.3 is 15.4 Å². The molecule has 6 heteroatoms. The maximum atomic E-state index is 12.4. The Hall–Kier alpha value is -2.60. The molecule has 0 spiro atoms. The van der Waals surface area contributed by atoms with Crippen LogP contribution in [0.15, 0.2) is 53.5 Å². The van der Waals surface area contributed by atoms with Crippen molar-refractivity contribution < 1.29 is 14.3 Å².